The van der Waals surface area contributed by atoms with Gasteiger partial charge >= 0.3 is 0 Å². The summed E-state index contributed by atoms with van der Waals surface area (Å²) < 4.78 is 5.18. The highest BCUT2D eigenvalue weighted by Gasteiger charge is 2.16. The zero-order valence-electron chi connectivity index (χ0n) is 17.9. The predicted molar refractivity (Wildman–Crippen MR) is 114 cm³/mol. The van der Waals surface area contributed by atoms with Crippen molar-refractivity contribution in [1.82, 2.24) is 20.4 Å². The van der Waals surface area contributed by atoms with Crippen LogP contribution in [-0.2, 0) is 6.42 Å². The number of pyridine rings is 1. The lowest BCUT2D eigenvalue weighted by Crippen LogP contribution is -2.31. The lowest BCUT2D eigenvalue weighted by molar-refractivity contribution is 0.0953. The molecular formula is C22H33N5O2. The number of carbonyl (C=O) groups is 1. The van der Waals surface area contributed by atoms with E-state index in [0.717, 1.165) is 74.8 Å². The molecule has 3 rings (SSSR count). The molecule has 1 amide bonds. The van der Waals surface area contributed by atoms with Gasteiger partial charge in [0.1, 0.15) is 11.6 Å². The second-order valence-corrected chi connectivity index (χ2v) is 7.75. The molecule has 0 saturated carbocycles. The molecule has 29 heavy (non-hydrogen) atoms. The average Bonchev–Trinajstić information content (AvgIpc) is 2.92. The topological polar surface area (TPSA) is 74.5 Å². The molecule has 0 aromatic carbocycles. The lowest BCUT2D eigenvalue weighted by atomic mass is 10.1. The summed E-state index contributed by atoms with van der Waals surface area (Å²) in [5, 5.41) is 6.95. The van der Waals surface area contributed by atoms with Gasteiger partial charge in [-0.3, -0.25) is 4.79 Å². The number of aryl methyl sites for hydroxylation is 2. The van der Waals surface area contributed by atoms with Crippen molar-refractivity contribution in [2.24, 2.45) is 0 Å². The Labute approximate surface area is 173 Å². The summed E-state index contributed by atoms with van der Waals surface area (Å²) in [5.74, 6) is 1.74. The Morgan fingerprint density at radius 3 is 2.76 bits per heavy atom. The van der Waals surface area contributed by atoms with Crippen LogP contribution in [0.1, 0.15) is 53.6 Å². The van der Waals surface area contributed by atoms with Crippen molar-refractivity contribution in [3.63, 3.8) is 0 Å². The van der Waals surface area contributed by atoms with Crippen LogP contribution < -0.4 is 10.2 Å². The molecule has 0 unspecified atom stereocenters. The van der Waals surface area contributed by atoms with Gasteiger partial charge in [0.05, 0.1) is 11.3 Å². The van der Waals surface area contributed by atoms with E-state index in [1.807, 2.05) is 26.0 Å². The summed E-state index contributed by atoms with van der Waals surface area (Å²) >= 11 is 0. The second kappa shape index (κ2) is 10.4. The molecule has 7 heteroatoms. The van der Waals surface area contributed by atoms with Crippen molar-refractivity contribution in [2.75, 3.05) is 44.2 Å². The minimum atomic E-state index is -0.0761. The monoisotopic (exact) mass is 399 g/mol. The highest BCUT2D eigenvalue weighted by atomic mass is 16.5. The minimum Gasteiger partial charge on any atom is -0.361 e. The van der Waals surface area contributed by atoms with Gasteiger partial charge in [0, 0.05) is 37.9 Å². The van der Waals surface area contributed by atoms with Gasteiger partial charge in [-0.2, -0.15) is 0 Å². The molecule has 1 saturated heterocycles. The van der Waals surface area contributed by atoms with Gasteiger partial charge in [-0.25, -0.2) is 4.98 Å². The van der Waals surface area contributed by atoms with E-state index in [1.54, 1.807) is 6.20 Å². The maximum Gasteiger partial charge on any atom is 0.252 e. The van der Waals surface area contributed by atoms with Gasteiger partial charge in [0.15, 0.2) is 0 Å². The van der Waals surface area contributed by atoms with Crippen LogP contribution in [0.2, 0.25) is 0 Å². The number of hydrogen-bond donors (Lipinski definition) is 1. The summed E-state index contributed by atoms with van der Waals surface area (Å²) in [6, 6.07) is 3.84. The third kappa shape index (κ3) is 5.79. The Morgan fingerprint density at radius 1 is 1.21 bits per heavy atom. The summed E-state index contributed by atoms with van der Waals surface area (Å²) in [7, 11) is 0. The van der Waals surface area contributed by atoms with E-state index in [2.05, 4.69) is 32.2 Å². The van der Waals surface area contributed by atoms with Crippen molar-refractivity contribution < 1.29 is 9.32 Å². The van der Waals surface area contributed by atoms with E-state index in [0.29, 0.717) is 12.1 Å². The van der Waals surface area contributed by atoms with E-state index >= 15 is 0 Å². The molecule has 0 bridgehead atoms. The smallest absolute Gasteiger partial charge is 0.252 e. The molecule has 1 N–H and O–H groups in total. The zero-order chi connectivity index (χ0) is 20.6. The first-order chi connectivity index (χ1) is 14.1. The lowest BCUT2D eigenvalue weighted by Gasteiger charge is -2.22. The third-order valence-electron chi connectivity index (χ3n) is 5.53. The Balaban J connectivity index is 1.46. The number of rotatable bonds is 8. The number of nitrogens with zero attached hydrogens (tertiary/aromatic N) is 4. The standard InChI is InChI=1S/C22H33N5O2/c1-4-11-26-12-6-13-27(15-14-26)21-9-8-19(16-24-21)22(28)23-10-5-7-20-17(2)25-29-18(20)3/h8-9,16H,4-7,10-15H2,1-3H3,(H,23,28). The third-order valence-corrected chi connectivity index (χ3v) is 5.53. The second-order valence-electron chi connectivity index (χ2n) is 7.75. The van der Waals surface area contributed by atoms with Gasteiger partial charge in [-0.05, 0) is 64.8 Å². The van der Waals surface area contributed by atoms with E-state index in [-0.39, 0.29) is 5.91 Å². The molecule has 0 atom stereocenters. The maximum atomic E-state index is 12.4. The van der Waals surface area contributed by atoms with E-state index in [9.17, 15) is 4.79 Å². The summed E-state index contributed by atoms with van der Waals surface area (Å²) in [5.41, 5.74) is 2.67. The van der Waals surface area contributed by atoms with Gasteiger partial charge in [-0.15, -0.1) is 0 Å². The molecule has 1 fully saturated rings. The van der Waals surface area contributed by atoms with Crippen LogP contribution in [0.15, 0.2) is 22.9 Å². The Kier molecular flexibility index (Phi) is 7.63. The Hall–Kier alpha value is -2.41. The van der Waals surface area contributed by atoms with Gasteiger partial charge < -0.3 is 19.6 Å². The molecule has 1 aliphatic rings. The Morgan fingerprint density at radius 2 is 2.07 bits per heavy atom. The number of carbonyl (C=O) groups excluding carboxylic acids is 1. The van der Waals surface area contributed by atoms with Crippen molar-refractivity contribution in [3.8, 4) is 0 Å². The van der Waals surface area contributed by atoms with Crippen molar-refractivity contribution >= 4 is 11.7 Å². The van der Waals surface area contributed by atoms with Crippen LogP contribution in [0.4, 0.5) is 5.82 Å². The highest BCUT2D eigenvalue weighted by Crippen LogP contribution is 2.15. The van der Waals surface area contributed by atoms with Crippen LogP contribution in [0.25, 0.3) is 0 Å². The molecule has 2 aromatic rings. The normalized spacial score (nSPS) is 15.3. The quantitative estimate of drug-likeness (QED) is 0.688. The van der Waals surface area contributed by atoms with Crippen LogP contribution >= 0.6 is 0 Å². The first kappa shape index (κ1) is 21.3. The van der Waals surface area contributed by atoms with Crippen LogP contribution in [0, 0.1) is 13.8 Å². The maximum absolute atomic E-state index is 12.4. The minimum absolute atomic E-state index is 0.0761. The van der Waals surface area contributed by atoms with E-state index in [1.165, 1.54) is 6.42 Å². The number of anilines is 1. The summed E-state index contributed by atoms with van der Waals surface area (Å²) in [6.07, 6.45) is 5.73. The van der Waals surface area contributed by atoms with Crippen molar-refractivity contribution in [1.29, 1.82) is 0 Å². The number of hydrogen-bond acceptors (Lipinski definition) is 6. The molecular weight excluding hydrogens is 366 g/mol. The average molecular weight is 400 g/mol. The first-order valence-corrected chi connectivity index (χ1v) is 10.7. The number of aromatic nitrogens is 2. The van der Waals surface area contributed by atoms with Crippen LogP contribution in [0.3, 0.4) is 0 Å². The molecule has 0 aliphatic carbocycles. The fourth-order valence-corrected chi connectivity index (χ4v) is 3.88. The number of amides is 1. The molecule has 158 valence electrons. The molecule has 3 heterocycles. The first-order valence-electron chi connectivity index (χ1n) is 10.7. The van der Waals surface area contributed by atoms with E-state index in [4.69, 9.17) is 4.52 Å². The zero-order valence-corrected chi connectivity index (χ0v) is 17.9. The van der Waals surface area contributed by atoms with Crippen molar-refractivity contribution in [2.45, 2.75) is 46.5 Å². The molecule has 7 nitrogen and oxygen atoms in total. The SMILES string of the molecule is CCCN1CCCN(c2ccc(C(=O)NCCCc3c(C)noc3C)cn2)CC1. The molecule has 2 aromatic heterocycles. The molecule has 0 radical (unpaired) electrons. The van der Waals surface area contributed by atoms with Crippen LogP contribution in [0.5, 0.6) is 0 Å². The van der Waals surface area contributed by atoms with Gasteiger partial charge in [0.2, 0.25) is 0 Å². The predicted octanol–water partition coefficient (Wildman–Crippen LogP) is 2.97. The fraction of sp³-hybridized carbons (Fsp3) is 0.591. The van der Waals surface area contributed by atoms with Crippen LogP contribution in [-0.4, -0.2) is 60.2 Å². The van der Waals surface area contributed by atoms with Crippen molar-refractivity contribution in [3.05, 3.63) is 40.9 Å². The Bertz CT molecular complexity index is 768. The van der Waals surface area contributed by atoms with E-state index < -0.39 is 0 Å². The number of nitrogens with one attached hydrogen (secondary N) is 1. The summed E-state index contributed by atoms with van der Waals surface area (Å²) in [6.45, 7) is 12.1. The van der Waals surface area contributed by atoms with Gasteiger partial charge in [0.25, 0.3) is 5.91 Å². The fourth-order valence-electron chi connectivity index (χ4n) is 3.88. The largest absolute Gasteiger partial charge is 0.361 e. The molecule has 0 spiro atoms. The highest BCUT2D eigenvalue weighted by molar-refractivity contribution is 5.94. The van der Waals surface area contributed by atoms with Gasteiger partial charge in [-0.1, -0.05) is 12.1 Å². The molecule has 1 aliphatic heterocycles. The summed E-state index contributed by atoms with van der Waals surface area (Å²) in [4.78, 5) is 21.8.